The molecule has 0 spiro atoms. The summed E-state index contributed by atoms with van der Waals surface area (Å²) in [7, 11) is -15.8. The van der Waals surface area contributed by atoms with E-state index in [0.717, 1.165) is 124 Å². The van der Waals surface area contributed by atoms with Gasteiger partial charge in [-0.2, -0.15) is 0 Å². The van der Waals surface area contributed by atoms with Crippen LogP contribution in [0.5, 0.6) is 0 Å². The second-order valence-corrected chi connectivity index (χ2v) is 25.7. The van der Waals surface area contributed by atoms with Crippen LogP contribution in [0.15, 0.2) is 13.5 Å². The lowest BCUT2D eigenvalue weighted by atomic mass is 10.3. The second-order valence-electron chi connectivity index (χ2n) is 14.4. The average molecular weight is 974 g/mol. The van der Waals surface area contributed by atoms with E-state index in [1.54, 1.807) is 0 Å². The van der Waals surface area contributed by atoms with Gasteiger partial charge >= 0.3 is 15.6 Å². The Morgan fingerprint density at radius 1 is 0.339 bits per heavy atom. The van der Waals surface area contributed by atoms with Crippen molar-refractivity contribution in [1.82, 2.24) is 46.9 Å². The Morgan fingerprint density at radius 3 is 0.677 bits per heavy atom. The number of halogens is 4. The van der Waals surface area contributed by atoms with Crippen LogP contribution in [-0.4, -0.2) is 185 Å². The third-order valence-electron chi connectivity index (χ3n) is 12.0. The largest absolute Gasteiger partial charge is 0.673 e. The van der Waals surface area contributed by atoms with Crippen molar-refractivity contribution in [2.75, 3.05) is 124 Å². The molecule has 0 fully saturated rings. The molecule has 0 aromatic rings. The third-order valence-corrected chi connectivity index (χ3v) is 29.3. The first-order chi connectivity index (χ1) is 29.3. The van der Waals surface area contributed by atoms with Crippen LogP contribution in [0.3, 0.4) is 0 Å². The van der Waals surface area contributed by atoms with Gasteiger partial charge in [0.05, 0.1) is 6.17 Å². The van der Waals surface area contributed by atoms with E-state index in [-0.39, 0.29) is 6.17 Å². The van der Waals surface area contributed by atoms with Crippen molar-refractivity contribution >= 4 is 38.1 Å². The van der Waals surface area contributed by atoms with E-state index in [9.17, 15) is 17.3 Å². The summed E-state index contributed by atoms with van der Waals surface area (Å²) in [6.07, 6.45) is 0.201. The summed E-state index contributed by atoms with van der Waals surface area (Å²) in [6, 6.07) is 0. The molecule has 1 atom stereocenters. The summed E-state index contributed by atoms with van der Waals surface area (Å²) < 4.78 is 83.4. The molecule has 0 saturated carbocycles. The fraction of sp³-hybridized carbons (Fsp3) is 1.00. The van der Waals surface area contributed by atoms with Crippen LogP contribution in [0.25, 0.3) is 0 Å². The molecule has 22 heteroatoms. The lowest BCUT2D eigenvalue weighted by Gasteiger charge is -2.51. The van der Waals surface area contributed by atoms with E-state index in [1.165, 1.54) is 0 Å². The second kappa shape index (κ2) is 33.1. The van der Waals surface area contributed by atoms with Crippen molar-refractivity contribution < 1.29 is 17.3 Å². The normalized spacial score (nSPS) is 14.0. The van der Waals surface area contributed by atoms with E-state index < -0.39 is 38.1 Å². The molecule has 0 amide bonds. The van der Waals surface area contributed by atoms with Crippen LogP contribution in [-0.2, 0) is 0 Å². The Balaban J connectivity index is 0. The molecule has 0 aliphatic heterocycles. The fourth-order valence-corrected chi connectivity index (χ4v) is 28.2. The summed E-state index contributed by atoms with van der Waals surface area (Å²) in [5.41, 5.74) is 0. The van der Waals surface area contributed by atoms with Gasteiger partial charge in [0.15, 0.2) is 0 Å². The zero-order valence-corrected chi connectivity index (χ0v) is 47.4. The molecule has 0 N–H and O–H groups in total. The molecule has 0 aliphatic carbocycles. The number of hydrogen-bond acceptors (Lipinski definition) is 4. The van der Waals surface area contributed by atoms with Crippen molar-refractivity contribution in [3.05, 3.63) is 0 Å². The minimum atomic E-state index is -6.00. The van der Waals surface area contributed by atoms with E-state index in [4.69, 9.17) is 13.5 Å². The van der Waals surface area contributed by atoms with Crippen LogP contribution >= 0.6 is 30.9 Å². The standard InChI is InChI=1S/C40H99N13P4.BF4/c1-21-44(22-2)40(20)53(39-19)57(51(35-15)36-16,52(37-17)38-18)43-54(41-55(45(23-3)24-4,46(25-5)26-6)47(27-7)28-8)42-56(48(29-9)30-10,49(31-11)32-12)50(33-13)34-14;2-1(3,4)5/h40H,21-39H2,1-20H3;/q;-1/p+1. The molecule has 13 nitrogen and oxygen atoms in total. The van der Waals surface area contributed by atoms with Crippen LogP contribution < -0.4 is 0 Å². The Labute approximate surface area is 383 Å². The molecular weight excluding hydrogens is 873 g/mol. The fourth-order valence-electron chi connectivity index (χ4n) is 9.00. The van der Waals surface area contributed by atoms with Gasteiger partial charge in [-0.1, -0.05) is 145 Å². The zero-order chi connectivity index (χ0) is 48.5. The average Bonchev–Trinajstić information content (AvgIpc) is 3.24. The van der Waals surface area contributed by atoms with Gasteiger partial charge in [-0.3, -0.25) is 4.90 Å². The monoisotopic (exact) mass is 974 g/mol. The summed E-state index contributed by atoms with van der Waals surface area (Å²) >= 11 is 0. The highest BCUT2D eigenvalue weighted by Gasteiger charge is 2.49. The molecule has 376 valence electrons. The summed E-state index contributed by atoms with van der Waals surface area (Å²) in [4.78, 5) is 2.62. The lowest BCUT2D eigenvalue weighted by Crippen LogP contribution is -2.50. The maximum absolute atomic E-state index is 9.75. The van der Waals surface area contributed by atoms with Crippen molar-refractivity contribution in [2.45, 2.75) is 145 Å². The maximum Gasteiger partial charge on any atom is 0.673 e. The molecule has 0 radical (unpaired) electrons. The Hall–Kier alpha value is 0.505. The maximum atomic E-state index is 9.75. The molecule has 0 aliphatic rings. The first kappa shape index (κ1) is 64.6. The predicted octanol–water partition coefficient (Wildman–Crippen LogP) is 12.8. The van der Waals surface area contributed by atoms with Crippen molar-refractivity contribution in [3.63, 3.8) is 0 Å². The van der Waals surface area contributed by atoms with Crippen LogP contribution in [0, 0.1) is 0 Å². The minimum Gasteiger partial charge on any atom is -0.418 e. The Morgan fingerprint density at radius 2 is 0.516 bits per heavy atom. The molecule has 0 aromatic carbocycles. The van der Waals surface area contributed by atoms with Gasteiger partial charge in [-0.25, -0.2) is 42.0 Å². The van der Waals surface area contributed by atoms with Crippen molar-refractivity contribution in [1.29, 1.82) is 0 Å². The Kier molecular flexibility index (Phi) is 34.5. The van der Waals surface area contributed by atoms with Gasteiger partial charge in [0.2, 0.25) is 22.5 Å². The number of rotatable bonds is 33. The highest BCUT2D eigenvalue weighted by molar-refractivity contribution is 7.76. The quantitative estimate of drug-likeness (QED) is 0.0275. The first-order valence-corrected chi connectivity index (χ1v) is 30.6. The summed E-state index contributed by atoms with van der Waals surface area (Å²) in [5.74, 6) is 0. The van der Waals surface area contributed by atoms with Gasteiger partial charge in [0, 0.05) is 111 Å². The van der Waals surface area contributed by atoms with Crippen molar-refractivity contribution in [2.24, 2.45) is 13.5 Å². The molecule has 1 unspecified atom stereocenters. The molecule has 62 heavy (non-hydrogen) atoms. The highest BCUT2D eigenvalue weighted by Crippen LogP contribution is 2.75. The Bertz CT molecular complexity index is 1150. The van der Waals surface area contributed by atoms with Gasteiger partial charge in [0.25, 0.3) is 0 Å². The molecule has 0 aromatic heterocycles. The molecule has 0 bridgehead atoms. The van der Waals surface area contributed by atoms with Gasteiger partial charge in [0.1, 0.15) is 0 Å². The molecule has 0 saturated heterocycles. The van der Waals surface area contributed by atoms with E-state index in [0.29, 0.717) is 0 Å². The highest BCUT2D eigenvalue weighted by atomic mass is 31.2. The molecule has 0 rings (SSSR count). The van der Waals surface area contributed by atoms with Gasteiger partial charge < -0.3 is 17.3 Å². The lowest BCUT2D eigenvalue weighted by molar-refractivity contribution is 0.119. The zero-order valence-electron chi connectivity index (χ0n) is 43.8. The van der Waals surface area contributed by atoms with Crippen LogP contribution in [0.2, 0.25) is 0 Å². The van der Waals surface area contributed by atoms with Gasteiger partial charge in [-0.15, -0.1) is 0 Å². The smallest absolute Gasteiger partial charge is 0.418 e. The van der Waals surface area contributed by atoms with Crippen LogP contribution in [0.1, 0.15) is 138 Å². The van der Waals surface area contributed by atoms with E-state index in [1.807, 2.05) is 0 Å². The van der Waals surface area contributed by atoms with E-state index in [2.05, 4.69) is 185 Å². The van der Waals surface area contributed by atoms with Crippen LogP contribution in [0.4, 0.5) is 17.3 Å². The molecule has 0 heterocycles. The number of hydrogen-bond donors (Lipinski definition) is 0. The molecular formula is C40H100BF4N13P4. The minimum absolute atomic E-state index is 0.201. The van der Waals surface area contributed by atoms with E-state index >= 15 is 0 Å². The SMILES string of the molecule is CCN(CC)C(C)N(CC)P(=N[PH+](N=P(N(CC)CC)(N(CC)CC)N(CC)CC)N=P(N(CC)CC)(N(CC)CC)N(CC)CC)(N(CC)CC)N(CC)CC.F[B-](F)(F)F. The summed E-state index contributed by atoms with van der Waals surface area (Å²) in [6.45, 7) is 64.8. The first-order valence-electron chi connectivity index (χ1n) is 24.5. The number of nitrogens with zero attached hydrogens (tertiary/aromatic N) is 13. The third kappa shape index (κ3) is 16.1. The topological polar surface area (TPSA) is 69.5 Å². The summed E-state index contributed by atoms with van der Waals surface area (Å²) in [5, 5.41) is 0. The van der Waals surface area contributed by atoms with Gasteiger partial charge in [-0.05, 0) is 20.0 Å². The predicted molar refractivity (Wildman–Crippen MR) is 275 cm³/mol. The van der Waals surface area contributed by atoms with Crippen molar-refractivity contribution in [3.8, 4) is 0 Å².